The number of ether oxygens (including phenoxy) is 1. The molecule has 1 N–H and O–H groups in total. The van der Waals surface area contributed by atoms with Gasteiger partial charge in [0.1, 0.15) is 0 Å². The van der Waals surface area contributed by atoms with Gasteiger partial charge in [0, 0.05) is 19.2 Å². The lowest BCUT2D eigenvalue weighted by atomic mass is 9.74. The van der Waals surface area contributed by atoms with Crippen LogP contribution in [0, 0.1) is 17.8 Å². The van der Waals surface area contributed by atoms with Gasteiger partial charge in [0.05, 0.1) is 5.60 Å². The Morgan fingerprint density at radius 3 is 2.19 bits per heavy atom. The number of rotatable bonds is 9. The zero-order chi connectivity index (χ0) is 15.9. The second-order valence-corrected chi connectivity index (χ2v) is 8.00. The monoisotopic (exact) mass is 297 g/mol. The fourth-order valence-corrected chi connectivity index (χ4v) is 3.49. The van der Waals surface area contributed by atoms with Gasteiger partial charge in [-0.25, -0.2) is 0 Å². The van der Waals surface area contributed by atoms with Gasteiger partial charge in [-0.15, -0.1) is 0 Å². The first-order chi connectivity index (χ1) is 9.88. The van der Waals surface area contributed by atoms with E-state index in [1.165, 1.54) is 38.5 Å². The predicted molar refractivity (Wildman–Crippen MR) is 92.7 cm³/mol. The summed E-state index contributed by atoms with van der Waals surface area (Å²) in [5.74, 6) is 2.41. The third-order valence-corrected chi connectivity index (χ3v) is 5.17. The minimum absolute atomic E-state index is 0.0949. The predicted octanol–water partition coefficient (Wildman–Crippen LogP) is 5.02. The average molecular weight is 298 g/mol. The van der Waals surface area contributed by atoms with Crippen LogP contribution >= 0.6 is 0 Å². The molecule has 0 saturated heterocycles. The second-order valence-electron chi connectivity index (χ2n) is 8.00. The van der Waals surface area contributed by atoms with Gasteiger partial charge in [0.2, 0.25) is 0 Å². The highest BCUT2D eigenvalue weighted by Gasteiger charge is 2.37. The summed E-state index contributed by atoms with van der Waals surface area (Å²) in [4.78, 5) is 0. The molecule has 1 unspecified atom stereocenters. The number of hydrogen-bond donors (Lipinski definition) is 1. The van der Waals surface area contributed by atoms with E-state index < -0.39 is 0 Å². The van der Waals surface area contributed by atoms with Gasteiger partial charge in [-0.05, 0) is 49.9 Å². The van der Waals surface area contributed by atoms with Crippen molar-refractivity contribution < 1.29 is 4.74 Å². The molecule has 1 aliphatic rings. The smallest absolute Gasteiger partial charge is 0.0806 e. The number of nitrogens with one attached hydrogen (secondary N) is 1. The summed E-state index contributed by atoms with van der Waals surface area (Å²) in [6.45, 7) is 15.7. The summed E-state index contributed by atoms with van der Waals surface area (Å²) >= 11 is 0. The van der Waals surface area contributed by atoms with Crippen molar-refractivity contribution in [3.63, 3.8) is 0 Å². The molecule has 0 aromatic heterocycles. The SMILES string of the molecule is CCCC(C)COC1(CNC(C)C)CCC(C(C)C)CC1. The molecule has 2 heteroatoms. The first-order valence-corrected chi connectivity index (χ1v) is 9.26. The Morgan fingerprint density at radius 1 is 1.10 bits per heavy atom. The van der Waals surface area contributed by atoms with Crippen molar-refractivity contribution >= 4 is 0 Å². The van der Waals surface area contributed by atoms with E-state index in [-0.39, 0.29) is 5.60 Å². The van der Waals surface area contributed by atoms with E-state index in [1.807, 2.05) is 0 Å². The topological polar surface area (TPSA) is 21.3 Å². The van der Waals surface area contributed by atoms with E-state index in [9.17, 15) is 0 Å². The summed E-state index contributed by atoms with van der Waals surface area (Å²) in [5, 5.41) is 3.63. The van der Waals surface area contributed by atoms with Crippen molar-refractivity contribution in [2.24, 2.45) is 17.8 Å². The van der Waals surface area contributed by atoms with Crippen LogP contribution in [0.25, 0.3) is 0 Å². The van der Waals surface area contributed by atoms with Crippen LogP contribution in [0.2, 0.25) is 0 Å². The Bertz CT molecular complexity index is 267. The third kappa shape index (κ3) is 6.69. The molecule has 2 nitrogen and oxygen atoms in total. The average Bonchev–Trinajstić information content (AvgIpc) is 2.44. The third-order valence-electron chi connectivity index (χ3n) is 5.17. The summed E-state index contributed by atoms with van der Waals surface area (Å²) in [7, 11) is 0. The van der Waals surface area contributed by atoms with Gasteiger partial charge < -0.3 is 10.1 Å². The fourth-order valence-electron chi connectivity index (χ4n) is 3.49. The molecule has 1 atom stereocenters. The molecule has 0 radical (unpaired) electrons. The molecule has 1 fully saturated rings. The van der Waals surface area contributed by atoms with Gasteiger partial charge in [-0.2, -0.15) is 0 Å². The molecule has 1 rings (SSSR count). The first kappa shape index (κ1) is 19.0. The number of hydrogen-bond acceptors (Lipinski definition) is 2. The van der Waals surface area contributed by atoms with E-state index in [4.69, 9.17) is 4.74 Å². The van der Waals surface area contributed by atoms with Gasteiger partial charge in [-0.1, -0.05) is 48.0 Å². The zero-order valence-corrected chi connectivity index (χ0v) is 15.4. The van der Waals surface area contributed by atoms with Crippen LogP contribution in [0.1, 0.15) is 80.1 Å². The molecule has 0 bridgehead atoms. The summed E-state index contributed by atoms with van der Waals surface area (Å²) < 4.78 is 6.50. The summed E-state index contributed by atoms with van der Waals surface area (Å²) in [5.41, 5.74) is 0.0949. The standard InChI is InChI=1S/C19H39NO/c1-7-8-17(6)13-21-19(14-20-16(4)5)11-9-18(10-12-19)15(2)3/h15-18,20H,7-14H2,1-6H3. The fraction of sp³-hybridized carbons (Fsp3) is 1.00. The maximum Gasteiger partial charge on any atom is 0.0806 e. The van der Waals surface area contributed by atoms with Crippen molar-refractivity contribution in [2.45, 2.75) is 91.7 Å². The lowest BCUT2D eigenvalue weighted by Crippen LogP contribution is -2.48. The van der Waals surface area contributed by atoms with E-state index in [2.05, 4.69) is 46.9 Å². The molecule has 1 aliphatic carbocycles. The Balaban J connectivity index is 2.55. The van der Waals surface area contributed by atoms with Crippen LogP contribution < -0.4 is 5.32 Å². The largest absolute Gasteiger partial charge is 0.373 e. The lowest BCUT2D eigenvalue weighted by molar-refractivity contribution is -0.0913. The van der Waals surface area contributed by atoms with Crippen LogP contribution in [-0.4, -0.2) is 24.8 Å². The van der Waals surface area contributed by atoms with E-state index in [0.717, 1.165) is 25.0 Å². The van der Waals surface area contributed by atoms with E-state index >= 15 is 0 Å². The highest BCUT2D eigenvalue weighted by atomic mass is 16.5. The zero-order valence-electron chi connectivity index (χ0n) is 15.4. The van der Waals surface area contributed by atoms with Gasteiger partial charge in [0.15, 0.2) is 0 Å². The van der Waals surface area contributed by atoms with E-state index in [1.54, 1.807) is 0 Å². The highest BCUT2D eigenvalue weighted by molar-refractivity contribution is 4.90. The van der Waals surface area contributed by atoms with Crippen LogP contribution in [0.15, 0.2) is 0 Å². The highest BCUT2D eigenvalue weighted by Crippen LogP contribution is 2.38. The van der Waals surface area contributed by atoms with Gasteiger partial charge >= 0.3 is 0 Å². The molecule has 0 aromatic carbocycles. The summed E-state index contributed by atoms with van der Waals surface area (Å²) in [6, 6.07) is 0.543. The molecule has 126 valence electrons. The Labute approximate surface area is 133 Å². The van der Waals surface area contributed by atoms with Gasteiger partial charge in [-0.3, -0.25) is 0 Å². The van der Waals surface area contributed by atoms with Crippen LogP contribution in [0.3, 0.4) is 0 Å². The minimum atomic E-state index is 0.0949. The Morgan fingerprint density at radius 2 is 1.71 bits per heavy atom. The lowest BCUT2D eigenvalue weighted by Gasteiger charge is -2.42. The quantitative estimate of drug-likeness (QED) is 0.645. The molecule has 21 heavy (non-hydrogen) atoms. The minimum Gasteiger partial charge on any atom is -0.373 e. The van der Waals surface area contributed by atoms with Crippen LogP contribution in [0.5, 0.6) is 0 Å². The molecular weight excluding hydrogens is 258 g/mol. The Kier molecular flexibility index (Phi) is 8.26. The molecule has 1 saturated carbocycles. The second kappa shape index (κ2) is 9.15. The molecule has 0 spiro atoms. The maximum absolute atomic E-state index is 6.50. The van der Waals surface area contributed by atoms with Crippen molar-refractivity contribution in [2.75, 3.05) is 13.2 Å². The first-order valence-electron chi connectivity index (χ1n) is 9.26. The molecule has 0 aromatic rings. The van der Waals surface area contributed by atoms with Crippen molar-refractivity contribution in [3.8, 4) is 0 Å². The van der Waals surface area contributed by atoms with Crippen molar-refractivity contribution in [3.05, 3.63) is 0 Å². The molecule has 0 heterocycles. The molecule has 0 amide bonds. The van der Waals surface area contributed by atoms with E-state index in [0.29, 0.717) is 12.0 Å². The Hall–Kier alpha value is -0.0800. The van der Waals surface area contributed by atoms with Crippen LogP contribution in [-0.2, 0) is 4.74 Å². The van der Waals surface area contributed by atoms with Crippen molar-refractivity contribution in [1.82, 2.24) is 5.32 Å². The van der Waals surface area contributed by atoms with Crippen molar-refractivity contribution in [1.29, 1.82) is 0 Å². The molecule has 0 aliphatic heterocycles. The summed E-state index contributed by atoms with van der Waals surface area (Å²) in [6.07, 6.45) is 7.67. The van der Waals surface area contributed by atoms with Crippen LogP contribution in [0.4, 0.5) is 0 Å². The normalized spacial score (nSPS) is 28.3. The maximum atomic E-state index is 6.50. The molecular formula is C19H39NO. The van der Waals surface area contributed by atoms with Gasteiger partial charge in [0.25, 0.3) is 0 Å².